The zero-order valence-electron chi connectivity index (χ0n) is 12.3. The predicted octanol–water partition coefficient (Wildman–Crippen LogP) is 3.14. The van der Waals surface area contributed by atoms with Gasteiger partial charge in [-0.1, -0.05) is 18.2 Å². The number of carbonyl (C=O) groups is 1. The zero-order valence-corrected chi connectivity index (χ0v) is 13.9. The maximum atomic E-state index is 12.2. The first kappa shape index (κ1) is 15.6. The lowest BCUT2D eigenvalue weighted by Gasteiger charge is -2.19. The van der Waals surface area contributed by atoms with Crippen LogP contribution in [-0.4, -0.2) is 30.6 Å². The first-order valence-electron chi connectivity index (χ1n) is 7.02. The minimum atomic E-state index is -0.0380. The Labute approximate surface area is 133 Å². The van der Waals surface area contributed by atoms with Crippen molar-refractivity contribution >= 4 is 27.5 Å². The Morgan fingerprint density at radius 3 is 2.71 bits per heavy atom. The summed E-state index contributed by atoms with van der Waals surface area (Å²) in [6, 6.07) is 12.0. The van der Waals surface area contributed by atoms with Gasteiger partial charge in [0.15, 0.2) is 0 Å². The molecule has 0 saturated heterocycles. The molecule has 0 unspecified atom stereocenters. The molecule has 0 atom stereocenters. The Bertz CT molecular complexity index is 595. The molecule has 0 spiro atoms. The van der Waals surface area contributed by atoms with E-state index < -0.39 is 0 Å². The molecule has 0 saturated carbocycles. The van der Waals surface area contributed by atoms with E-state index in [4.69, 9.17) is 0 Å². The SMILES string of the molecule is CCn1cc(Br)cc1C(=O)NCCN(C)c1ccccc1. The molecule has 2 rings (SSSR count). The second-order valence-corrected chi connectivity index (χ2v) is 5.76. The molecule has 1 amide bonds. The quantitative estimate of drug-likeness (QED) is 0.869. The van der Waals surface area contributed by atoms with Gasteiger partial charge in [0.25, 0.3) is 5.91 Å². The van der Waals surface area contributed by atoms with Gasteiger partial charge in [0.2, 0.25) is 0 Å². The van der Waals surface area contributed by atoms with E-state index in [1.165, 1.54) is 0 Å². The van der Waals surface area contributed by atoms with Gasteiger partial charge in [0.05, 0.1) is 0 Å². The Morgan fingerprint density at radius 2 is 2.05 bits per heavy atom. The van der Waals surface area contributed by atoms with Gasteiger partial charge in [-0.15, -0.1) is 0 Å². The number of para-hydroxylation sites is 1. The highest BCUT2D eigenvalue weighted by molar-refractivity contribution is 9.10. The van der Waals surface area contributed by atoms with Crippen molar-refractivity contribution in [2.75, 3.05) is 25.0 Å². The molecule has 0 aliphatic heterocycles. The average molecular weight is 350 g/mol. The van der Waals surface area contributed by atoms with Crippen LogP contribution in [0.25, 0.3) is 0 Å². The van der Waals surface area contributed by atoms with E-state index in [1.54, 1.807) is 0 Å². The Hall–Kier alpha value is -1.75. The van der Waals surface area contributed by atoms with Crippen LogP contribution < -0.4 is 10.2 Å². The lowest BCUT2D eigenvalue weighted by molar-refractivity contribution is 0.0945. The summed E-state index contributed by atoms with van der Waals surface area (Å²) in [5.41, 5.74) is 1.83. The maximum absolute atomic E-state index is 12.2. The van der Waals surface area contributed by atoms with Crippen molar-refractivity contribution in [2.45, 2.75) is 13.5 Å². The van der Waals surface area contributed by atoms with Gasteiger partial charge < -0.3 is 14.8 Å². The van der Waals surface area contributed by atoms with Crippen LogP contribution in [0.15, 0.2) is 47.1 Å². The smallest absolute Gasteiger partial charge is 0.268 e. The summed E-state index contributed by atoms with van der Waals surface area (Å²) in [5, 5.41) is 2.97. The summed E-state index contributed by atoms with van der Waals surface area (Å²) < 4.78 is 2.86. The number of aryl methyl sites for hydroxylation is 1. The van der Waals surface area contributed by atoms with Gasteiger partial charge in [-0.25, -0.2) is 0 Å². The van der Waals surface area contributed by atoms with Crippen molar-refractivity contribution in [3.63, 3.8) is 0 Å². The zero-order chi connectivity index (χ0) is 15.2. The van der Waals surface area contributed by atoms with E-state index in [0.29, 0.717) is 12.2 Å². The monoisotopic (exact) mass is 349 g/mol. The molecule has 0 aliphatic rings. The van der Waals surface area contributed by atoms with Crippen LogP contribution in [0.2, 0.25) is 0 Å². The van der Waals surface area contributed by atoms with E-state index in [0.717, 1.165) is 23.2 Å². The number of hydrogen-bond acceptors (Lipinski definition) is 2. The van der Waals surface area contributed by atoms with Crippen molar-refractivity contribution in [2.24, 2.45) is 0 Å². The number of carbonyl (C=O) groups excluding carboxylic acids is 1. The predicted molar refractivity (Wildman–Crippen MR) is 89.9 cm³/mol. The summed E-state index contributed by atoms with van der Waals surface area (Å²) in [6.45, 7) is 4.17. The minimum Gasteiger partial charge on any atom is -0.373 e. The topological polar surface area (TPSA) is 37.3 Å². The van der Waals surface area contributed by atoms with Gasteiger partial charge >= 0.3 is 0 Å². The third kappa shape index (κ3) is 4.11. The highest BCUT2D eigenvalue weighted by Crippen LogP contribution is 2.15. The summed E-state index contributed by atoms with van der Waals surface area (Å²) in [5.74, 6) is -0.0380. The van der Waals surface area contributed by atoms with Crippen LogP contribution >= 0.6 is 15.9 Å². The standard InChI is InChI=1S/C16H20BrN3O/c1-3-20-12-13(17)11-15(20)16(21)18-9-10-19(2)14-7-5-4-6-8-14/h4-8,11-12H,3,9-10H2,1-2H3,(H,18,21). The lowest BCUT2D eigenvalue weighted by atomic mass is 10.3. The van der Waals surface area contributed by atoms with E-state index >= 15 is 0 Å². The molecule has 0 bridgehead atoms. The molecule has 1 aromatic carbocycles. The lowest BCUT2D eigenvalue weighted by Crippen LogP contribution is -2.33. The van der Waals surface area contributed by atoms with Crippen LogP contribution in [0.5, 0.6) is 0 Å². The number of aromatic nitrogens is 1. The molecule has 4 nitrogen and oxygen atoms in total. The minimum absolute atomic E-state index is 0.0380. The van der Waals surface area contributed by atoms with Gasteiger partial charge in [0.1, 0.15) is 5.69 Å². The van der Waals surface area contributed by atoms with Gasteiger partial charge in [-0.2, -0.15) is 0 Å². The van der Waals surface area contributed by atoms with Crippen molar-refractivity contribution < 1.29 is 4.79 Å². The summed E-state index contributed by atoms with van der Waals surface area (Å²) in [4.78, 5) is 14.3. The summed E-state index contributed by atoms with van der Waals surface area (Å²) >= 11 is 3.41. The number of likely N-dealkylation sites (N-methyl/N-ethyl adjacent to an activating group) is 1. The summed E-state index contributed by atoms with van der Waals surface area (Å²) in [7, 11) is 2.02. The number of nitrogens with zero attached hydrogens (tertiary/aromatic N) is 2. The second kappa shape index (κ2) is 7.31. The van der Waals surface area contributed by atoms with Crippen LogP contribution in [-0.2, 0) is 6.54 Å². The number of halogens is 1. The molecule has 2 aromatic rings. The Morgan fingerprint density at radius 1 is 1.33 bits per heavy atom. The molecule has 1 N–H and O–H groups in total. The van der Waals surface area contributed by atoms with Gasteiger partial charge in [-0.05, 0) is 41.1 Å². The van der Waals surface area contributed by atoms with Crippen molar-refractivity contribution in [1.82, 2.24) is 9.88 Å². The van der Waals surface area contributed by atoms with E-state index in [-0.39, 0.29) is 5.91 Å². The third-order valence-corrected chi connectivity index (χ3v) is 3.80. The molecule has 1 aromatic heterocycles. The molecule has 0 aliphatic carbocycles. The normalized spacial score (nSPS) is 10.4. The molecule has 0 radical (unpaired) electrons. The van der Waals surface area contributed by atoms with Crippen molar-refractivity contribution in [1.29, 1.82) is 0 Å². The van der Waals surface area contributed by atoms with Crippen LogP contribution in [0.3, 0.4) is 0 Å². The Kier molecular flexibility index (Phi) is 5.44. The second-order valence-electron chi connectivity index (χ2n) is 4.84. The fourth-order valence-corrected chi connectivity index (χ4v) is 2.63. The van der Waals surface area contributed by atoms with Crippen molar-refractivity contribution in [3.05, 3.63) is 52.8 Å². The highest BCUT2D eigenvalue weighted by Gasteiger charge is 2.11. The highest BCUT2D eigenvalue weighted by atomic mass is 79.9. The van der Waals surface area contributed by atoms with Crippen LogP contribution in [0.1, 0.15) is 17.4 Å². The molecule has 0 fully saturated rings. The first-order valence-corrected chi connectivity index (χ1v) is 7.81. The molecular formula is C16H20BrN3O. The van der Waals surface area contributed by atoms with Crippen LogP contribution in [0.4, 0.5) is 5.69 Å². The number of nitrogens with one attached hydrogen (secondary N) is 1. The van der Waals surface area contributed by atoms with Gasteiger partial charge in [0, 0.05) is 43.0 Å². The van der Waals surface area contributed by atoms with Crippen LogP contribution in [0, 0.1) is 0 Å². The Balaban J connectivity index is 1.87. The fraction of sp³-hybridized carbons (Fsp3) is 0.312. The van der Waals surface area contributed by atoms with E-state index in [2.05, 4.69) is 38.3 Å². The molecular weight excluding hydrogens is 330 g/mol. The van der Waals surface area contributed by atoms with Gasteiger partial charge in [-0.3, -0.25) is 4.79 Å². The largest absolute Gasteiger partial charge is 0.373 e. The number of anilines is 1. The fourth-order valence-electron chi connectivity index (χ4n) is 2.17. The summed E-state index contributed by atoms with van der Waals surface area (Å²) in [6.07, 6.45) is 1.92. The molecule has 5 heteroatoms. The molecule has 1 heterocycles. The third-order valence-electron chi connectivity index (χ3n) is 3.37. The number of rotatable bonds is 6. The number of amides is 1. The van der Waals surface area contributed by atoms with Crippen molar-refractivity contribution in [3.8, 4) is 0 Å². The number of hydrogen-bond donors (Lipinski definition) is 1. The number of benzene rings is 1. The average Bonchev–Trinajstić information content (AvgIpc) is 2.89. The molecule has 112 valence electrons. The van der Waals surface area contributed by atoms with E-state index in [9.17, 15) is 4.79 Å². The first-order chi connectivity index (χ1) is 10.1. The van der Waals surface area contributed by atoms with E-state index in [1.807, 2.05) is 49.0 Å². The maximum Gasteiger partial charge on any atom is 0.268 e. The molecule has 21 heavy (non-hydrogen) atoms.